The van der Waals surface area contributed by atoms with Gasteiger partial charge >= 0.3 is 5.97 Å². The molecular formula is C18H21FN4O3. The van der Waals surface area contributed by atoms with Gasteiger partial charge in [0.2, 0.25) is 5.43 Å². The number of pyridine rings is 2. The molecule has 2 bridgehead atoms. The van der Waals surface area contributed by atoms with Gasteiger partial charge in [-0.05, 0) is 38.7 Å². The van der Waals surface area contributed by atoms with Crippen molar-refractivity contribution in [2.75, 3.05) is 4.90 Å². The van der Waals surface area contributed by atoms with E-state index in [1.807, 2.05) is 6.92 Å². The van der Waals surface area contributed by atoms with Crippen LogP contribution >= 0.6 is 0 Å². The van der Waals surface area contributed by atoms with Gasteiger partial charge < -0.3 is 20.3 Å². The number of nitrogens with zero attached hydrogens (tertiary/aromatic N) is 3. The van der Waals surface area contributed by atoms with Gasteiger partial charge in [-0.2, -0.15) is 0 Å². The molecule has 0 amide bonds. The number of aromatic carboxylic acids is 1. The molecule has 2 aromatic heterocycles. The summed E-state index contributed by atoms with van der Waals surface area (Å²) in [7, 11) is 0. The molecule has 2 atom stereocenters. The Balaban J connectivity index is 2.05. The summed E-state index contributed by atoms with van der Waals surface area (Å²) in [5.41, 5.74) is 5.46. The van der Waals surface area contributed by atoms with Gasteiger partial charge in [0.25, 0.3) is 0 Å². The van der Waals surface area contributed by atoms with E-state index in [1.165, 1.54) is 0 Å². The van der Waals surface area contributed by atoms with Crippen LogP contribution in [0.3, 0.4) is 0 Å². The van der Waals surface area contributed by atoms with Crippen molar-refractivity contribution < 1.29 is 14.3 Å². The Labute approximate surface area is 149 Å². The predicted octanol–water partition coefficient (Wildman–Crippen LogP) is 1.71. The number of carboxylic acid groups (broad SMARTS) is 1. The lowest BCUT2D eigenvalue weighted by molar-refractivity contribution is 0.0695. The number of aromatic nitrogens is 2. The number of anilines is 1. The van der Waals surface area contributed by atoms with Crippen LogP contribution in [0, 0.1) is 5.82 Å². The van der Waals surface area contributed by atoms with Crippen molar-refractivity contribution >= 4 is 22.8 Å². The van der Waals surface area contributed by atoms with Crippen molar-refractivity contribution in [3.05, 3.63) is 33.9 Å². The molecule has 0 aromatic carbocycles. The zero-order valence-electron chi connectivity index (χ0n) is 14.5. The van der Waals surface area contributed by atoms with Gasteiger partial charge in [-0.15, -0.1) is 0 Å². The van der Waals surface area contributed by atoms with Crippen LogP contribution in [0.2, 0.25) is 0 Å². The summed E-state index contributed by atoms with van der Waals surface area (Å²) >= 11 is 0. The molecule has 4 rings (SSSR count). The van der Waals surface area contributed by atoms with Crippen LogP contribution in [0.1, 0.15) is 43.0 Å². The van der Waals surface area contributed by atoms with Gasteiger partial charge in [-0.3, -0.25) is 4.79 Å². The summed E-state index contributed by atoms with van der Waals surface area (Å²) in [6.07, 6.45) is 4.43. The van der Waals surface area contributed by atoms with Gasteiger partial charge in [0.05, 0.1) is 11.6 Å². The molecular weight excluding hydrogens is 339 g/mol. The lowest BCUT2D eigenvalue weighted by Gasteiger charge is -2.41. The summed E-state index contributed by atoms with van der Waals surface area (Å²) in [4.78, 5) is 31.1. The maximum Gasteiger partial charge on any atom is 0.343 e. The minimum absolute atomic E-state index is 0.00550. The van der Waals surface area contributed by atoms with Crippen molar-refractivity contribution in [2.24, 2.45) is 5.73 Å². The lowest BCUT2D eigenvalue weighted by atomic mass is 9.97. The zero-order chi connectivity index (χ0) is 18.6. The fraction of sp³-hybridized carbons (Fsp3) is 0.500. The lowest BCUT2D eigenvalue weighted by Crippen LogP contribution is -2.49. The van der Waals surface area contributed by atoms with Gasteiger partial charge in [0.15, 0.2) is 0 Å². The Hall–Kier alpha value is -2.48. The summed E-state index contributed by atoms with van der Waals surface area (Å²) in [5.74, 6) is -1.58. The summed E-state index contributed by atoms with van der Waals surface area (Å²) < 4.78 is 15.4. The number of hydrogen-bond donors (Lipinski definition) is 2. The number of aryl methyl sites for hydroxylation is 1. The highest BCUT2D eigenvalue weighted by atomic mass is 19.1. The van der Waals surface area contributed by atoms with Crippen LogP contribution in [-0.2, 0) is 6.54 Å². The SMILES string of the molecule is CCn1c(N2C3CCC2CC(N)C3)c(C(=O)O)c(=O)c2cc(F)cnc21. The Bertz CT molecular complexity index is 944. The Morgan fingerprint density at radius 2 is 2.04 bits per heavy atom. The van der Waals surface area contributed by atoms with Gasteiger partial charge in [-0.25, -0.2) is 14.2 Å². The highest BCUT2D eigenvalue weighted by molar-refractivity contribution is 5.98. The van der Waals surface area contributed by atoms with E-state index in [9.17, 15) is 19.1 Å². The van der Waals surface area contributed by atoms with Crippen molar-refractivity contribution in [3.63, 3.8) is 0 Å². The smallest absolute Gasteiger partial charge is 0.343 e. The van der Waals surface area contributed by atoms with Crippen LogP contribution in [0.15, 0.2) is 17.1 Å². The molecule has 0 spiro atoms. The highest BCUT2D eigenvalue weighted by Crippen LogP contribution is 2.40. The number of carbonyl (C=O) groups is 1. The maximum atomic E-state index is 13.6. The average Bonchev–Trinajstić information content (AvgIpc) is 2.85. The molecule has 0 saturated carbocycles. The van der Waals surface area contributed by atoms with E-state index in [2.05, 4.69) is 9.88 Å². The standard InChI is InChI=1S/C18H21FN4O3/c1-2-22-16-13(5-9(19)8-21-16)15(24)14(18(25)26)17(22)23-11-3-4-12(23)7-10(20)6-11/h5,8,10-12H,2-4,6-7,20H2,1H3,(H,25,26). The zero-order valence-corrected chi connectivity index (χ0v) is 14.5. The predicted molar refractivity (Wildman–Crippen MR) is 95.1 cm³/mol. The molecule has 4 heterocycles. The molecule has 2 aromatic rings. The van der Waals surface area contributed by atoms with Crippen molar-refractivity contribution in [2.45, 2.75) is 57.3 Å². The molecule has 7 nitrogen and oxygen atoms in total. The Morgan fingerprint density at radius 1 is 1.38 bits per heavy atom. The minimum atomic E-state index is -1.30. The van der Waals surface area contributed by atoms with E-state index in [-0.39, 0.29) is 29.1 Å². The molecule has 26 heavy (non-hydrogen) atoms. The second-order valence-corrected chi connectivity index (χ2v) is 7.13. The fourth-order valence-electron chi connectivity index (χ4n) is 4.61. The van der Waals surface area contributed by atoms with Crippen LogP contribution < -0.4 is 16.1 Å². The number of fused-ring (bicyclic) bond motifs is 3. The third-order valence-electron chi connectivity index (χ3n) is 5.58. The van der Waals surface area contributed by atoms with E-state index in [0.29, 0.717) is 18.0 Å². The van der Waals surface area contributed by atoms with Crippen LogP contribution in [0.4, 0.5) is 10.2 Å². The second kappa shape index (κ2) is 6.05. The first-order chi connectivity index (χ1) is 12.4. The summed E-state index contributed by atoms with van der Waals surface area (Å²) in [5, 5.41) is 9.79. The van der Waals surface area contributed by atoms with Crippen LogP contribution in [0.25, 0.3) is 11.0 Å². The normalized spacial score (nSPS) is 25.0. The van der Waals surface area contributed by atoms with E-state index < -0.39 is 17.2 Å². The quantitative estimate of drug-likeness (QED) is 0.864. The molecule has 0 radical (unpaired) electrons. The van der Waals surface area contributed by atoms with Crippen LogP contribution in [-0.4, -0.2) is 38.8 Å². The number of carboxylic acids is 1. The van der Waals surface area contributed by atoms with E-state index in [1.54, 1.807) is 4.57 Å². The number of hydrogen-bond acceptors (Lipinski definition) is 5. The molecule has 2 aliphatic heterocycles. The molecule has 3 N–H and O–H groups in total. The van der Waals surface area contributed by atoms with Crippen molar-refractivity contribution in [1.82, 2.24) is 9.55 Å². The number of nitrogens with two attached hydrogens (primary N) is 1. The highest BCUT2D eigenvalue weighted by Gasteiger charge is 2.43. The first-order valence-electron chi connectivity index (χ1n) is 8.91. The third kappa shape index (κ3) is 2.39. The van der Waals surface area contributed by atoms with Crippen molar-refractivity contribution in [1.29, 1.82) is 0 Å². The van der Waals surface area contributed by atoms with Crippen LogP contribution in [0.5, 0.6) is 0 Å². The largest absolute Gasteiger partial charge is 0.477 e. The minimum Gasteiger partial charge on any atom is -0.477 e. The Morgan fingerprint density at radius 3 is 2.62 bits per heavy atom. The first kappa shape index (κ1) is 17.0. The van der Waals surface area contributed by atoms with Gasteiger partial charge in [-0.1, -0.05) is 0 Å². The van der Waals surface area contributed by atoms with Gasteiger partial charge in [0.1, 0.15) is 22.8 Å². The summed E-state index contributed by atoms with van der Waals surface area (Å²) in [6.45, 7) is 2.29. The third-order valence-corrected chi connectivity index (χ3v) is 5.58. The number of piperidine rings is 1. The molecule has 0 aliphatic carbocycles. The molecule has 2 unspecified atom stereocenters. The molecule has 2 fully saturated rings. The molecule has 2 aliphatic rings. The van der Waals surface area contributed by atoms with E-state index in [4.69, 9.17) is 5.73 Å². The van der Waals surface area contributed by atoms with Crippen molar-refractivity contribution in [3.8, 4) is 0 Å². The molecule has 138 valence electrons. The summed E-state index contributed by atoms with van der Waals surface area (Å²) in [6, 6.07) is 1.37. The van der Waals surface area contributed by atoms with Gasteiger partial charge in [0, 0.05) is 24.7 Å². The van der Waals surface area contributed by atoms with E-state index in [0.717, 1.165) is 37.9 Å². The molecule has 8 heteroatoms. The fourth-order valence-corrected chi connectivity index (χ4v) is 4.61. The molecule has 2 saturated heterocycles. The monoisotopic (exact) mass is 360 g/mol. The first-order valence-corrected chi connectivity index (χ1v) is 8.91. The average molecular weight is 360 g/mol. The Kier molecular flexibility index (Phi) is 3.95. The maximum absolute atomic E-state index is 13.6. The second-order valence-electron chi connectivity index (χ2n) is 7.13. The number of rotatable bonds is 3. The number of halogens is 1. The van der Waals surface area contributed by atoms with E-state index >= 15 is 0 Å². The topological polar surface area (TPSA) is 101 Å².